The van der Waals surface area contributed by atoms with E-state index in [1.54, 1.807) is 12.1 Å². The minimum Gasteiger partial charge on any atom is -0.347 e. The van der Waals surface area contributed by atoms with E-state index in [1.165, 1.54) is 11.3 Å². The van der Waals surface area contributed by atoms with E-state index >= 15 is 0 Å². The van der Waals surface area contributed by atoms with Crippen molar-refractivity contribution in [2.45, 2.75) is 6.54 Å². The van der Waals surface area contributed by atoms with Gasteiger partial charge in [0.25, 0.3) is 5.91 Å². The summed E-state index contributed by atoms with van der Waals surface area (Å²) in [5.41, 5.74) is 1.75. The average Bonchev–Trinajstić information content (AvgIpc) is 3.01. The zero-order valence-electron chi connectivity index (χ0n) is 12.9. The van der Waals surface area contributed by atoms with Crippen LogP contribution < -0.4 is 5.32 Å². The largest absolute Gasteiger partial charge is 0.347 e. The number of aromatic nitrogens is 1. The fourth-order valence-corrected chi connectivity index (χ4v) is 4.03. The smallest absolute Gasteiger partial charge is 0.261 e. The lowest BCUT2D eigenvalue weighted by molar-refractivity contribution is 0.0955. The summed E-state index contributed by atoms with van der Waals surface area (Å²) in [5, 5.41) is 6.04. The molecule has 0 radical (unpaired) electrons. The van der Waals surface area contributed by atoms with Crippen molar-refractivity contribution in [1.82, 2.24) is 10.3 Å². The van der Waals surface area contributed by atoms with Crippen LogP contribution in [0.2, 0.25) is 10.0 Å². The minimum atomic E-state index is -0.141. The number of carbonyl (C=O) groups is 1. The van der Waals surface area contributed by atoms with Gasteiger partial charge < -0.3 is 5.32 Å². The van der Waals surface area contributed by atoms with Crippen molar-refractivity contribution in [2.75, 3.05) is 0 Å². The summed E-state index contributed by atoms with van der Waals surface area (Å²) in [5.74, 6) is -0.141. The molecule has 0 bridgehead atoms. The number of halogens is 2. The van der Waals surface area contributed by atoms with Gasteiger partial charge >= 0.3 is 0 Å². The molecule has 6 heteroatoms. The second kappa shape index (κ2) is 6.64. The highest BCUT2D eigenvalue weighted by atomic mass is 35.5. The fourth-order valence-electron chi connectivity index (χ4n) is 2.61. The van der Waals surface area contributed by atoms with Gasteiger partial charge in [0.2, 0.25) is 0 Å². The van der Waals surface area contributed by atoms with E-state index in [4.69, 9.17) is 23.2 Å². The van der Waals surface area contributed by atoms with Gasteiger partial charge in [0.05, 0.1) is 10.4 Å². The molecule has 0 saturated heterocycles. The molecule has 0 aliphatic rings. The highest BCUT2D eigenvalue weighted by Gasteiger charge is 2.12. The first-order chi connectivity index (χ1) is 12.1. The van der Waals surface area contributed by atoms with Gasteiger partial charge in [0, 0.05) is 27.4 Å². The quantitative estimate of drug-likeness (QED) is 0.491. The minimum absolute atomic E-state index is 0.141. The first kappa shape index (κ1) is 16.3. The molecule has 2 aromatic heterocycles. The number of nitrogens with zero attached hydrogens (tertiary/aromatic N) is 1. The van der Waals surface area contributed by atoms with E-state index in [2.05, 4.69) is 16.4 Å². The monoisotopic (exact) mass is 386 g/mol. The Hall–Kier alpha value is -2.14. The number of carbonyl (C=O) groups excluding carboxylic acids is 1. The van der Waals surface area contributed by atoms with E-state index in [0.717, 1.165) is 26.7 Å². The molecule has 0 spiro atoms. The lowest BCUT2D eigenvalue weighted by atomic mass is 10.2. The molecule has 2 heterocycles. The summed E-state index contributed by atoms with van der Waals surface area (Å²) < 4.78 is 0. The maximum Gasteiger partial charge on any atom is 0.261 e. The van der Waals surface area contributed by atoms with Gasteiger partial charge in [0.1, 0.15) is 4.83 Å². The Kier molecular flexibility index (Phi) is 4.34. The molecule has 124 valence electrons. The van der Waals surface area contributed by atoms with Crippen LogP contribution in [0.3, 0.4) is 0 Å². The standard InChI is InChI=1S/C19H12Cl2N2OS/c20-14-6-5-12(15(21)9-14)10-22-18(24)17-8-13-7-11-3-1-2-4-16(11)23-19(13)25-17/h1-9H,10H2,(H,22,24). The van der Waals surface area contributed by atoms with Crippen LogP contribution in [0.5, 0.6) is 0 Å². The molecule has 4 rings (SSSR count). The van der Waals surface area contributed by atoms with Gasteiger partial charge in [0.15, 0.2) is 0 Å². The van der Waals surface area contributed by atoms with Crippen molar-refractivity contribution < 1.29 is 4.79 Å². The normalized spacial score (nSPS) is 11.1. The fraction of sp³-hybridized carbons (Fsp3) is 0.0526. The van der Waals surface area contributed by atoms with Crippen LogP contribution in [0.4, 0.5) is 0 Å². The number of pyridine rings is 1. The van der Waals surface area contributed by atoms with Crippen LogP contribution >= 0.6 is 34.5 Å². The first-order valence-electron chi connectivity index (χ1n) is 7.61. The Morgan fingerprint density at radius 1 is 1.04 bits per heavy atom. The SMILES string of the molecule is O=C(NCc1ccc(Cl)cc1Cl)c1cc2cc3ccccc3nc2s1. The number of hydrogen-bond acceptors (Lipinski definition) is 3. The zero-order chi connectivity index (χ0) is 17.4. The van der Waals surface area contributed by atoms with Gasteiger partial charge in [-0.2, -0.15) is 0 Å². The summed E-state index contributed by atoms with van der Waals surface area (Å²) >= 11 is 13.4. The maximum atomic E-state index is 12.5. The third kappa shape index (κ3) is 3.33. The van der Waals surface area contributed by atoms with Crippen molar-refractivity contribution >= 4 is 61.6 Å². The molecule has 1 N–H and O–H groups in total. The van der Waals surface area contributed by atoms with E-state index in [9.17, 15) is 4.79 Å². The predicted molar refractivity (Wildman–Crippen MR) is 105 cm³/mol. The topological polar surface area (TPSA) is 42.0 Å². The van der Waals surface area contributed by atoms with Gasteiger partial charge in [-0.3, -0.25) is 4.79 Å². The Morgan fingerprint density at radius 2 is 1.88 bits per heavy atom. The van der Waals surface area contributed by atoms with Crippen molar-refractivity contribution in [2.24, 2.45) is 0 Å². The summed E-state index contributed by atoms with van der Waals surface area (Å²) in [6.45, 7) is 0.346. The first-order valence-corrected chi connectivity index (χ1v) is 9.19. The number of thiophene rings is 1. The number of nitrogens with one attached hydrogen (secondary N) is 1. The summed E-state index contributed by atoms with van der Waals surface area (Å²) in [4.78, 5) is 18.6. The summed E-state index contributed by atoms with van der Waals surface area (Å²) in [7, 11) is 0. The van der Waals surface area contributed by atoms with E-state index in [-0.39, 0.29) is 5.91 Å². The number of fused-ring (bicyclic) bond motifs is 2. The Bertz CT molecular complexity index is 1050. The van der Waals surface area contributed by atoms with E-state index in [0.29, 0.717) is 21.5 Å². The molecular formula is C19H12Cl2N2OS. The average molecular weight is 387 g/mol. The lowest BCUT2D eigenvalue weighted by Crippen LogP contribution is -2.21. The lowest BCUT2D eigenvalue weighted by Gasteiger charge is -2.06. The molecule has 25 heavy (non-hydrogen) atoms. The van der Waals surface area contributed by atoms with E-state index in [1.807, 2.05) is 36.4 Å². The van der Waals surface area contributed by atoms with Crippen LogP contribution in [-0.4, -0.2) is 10.9 Å². The molecule has 0 fully saturated rings. The molecular weight excluding hydrogens is 375 g/mol. The van der Waals surface area contributed by atoms with Crippen LogP contribution in [0.15, 0.2) is 54.6 Å². The second-order valence-corrected chi connectivity index (χ2v) is 7.48. The van der Waals surface area contributed by atoms with Gasteiger partial charge in [-0.25, -0.2) is 4.98 Å². The molecule has 2 aromatic carbocycles. The van der Waals surface area contributed by atoms with Crippen LogP contribution in [0.25, 0.3) is 21.1 Å². The Labute approximate surface area is 158 Å². The van der Waals surface area contributed by atoms with Crippen LogP contribution in [0, 0.1) is 0 Å². The molecule has 0 aliphatic carbocycles. The third-order valence-electron chi connectivity index (χ3n) is 3.89. The number of rotatable bonds is 3. The van der Waals surface area contributed by atoms with Crippen LogP contribution in [0.1, 0.15) is 15.2 Å². The van der Waals surface area contributed by atoms with Crippen molar-refractivity contribution in [3.8, 4) is 0 Å². The molecule has 1 amide bonds. The van der Waals surface area contributed by atoms with Crippen LogP contribution in [-0.2, 0) is 6.54 Å². The van der Waals surface area contributed by atoms with Gasteiger partial charge in [-0.05, 0) is 35.9 Å². The van der Waals surface area contributed by atoms with Gasteiger partial charge in [-0.1, -0.05) is 47.5 Å². The van der Waals surface area contributed by atoms with Crippen molar-refractivity contribution in [3.05, 3.63) is 75.1 Å². The molecule has 0 unspecified atom stereocenters. The summed E-state index contributed by atoms with van der Waals surface area (Å²) in [6, 6.07) is 17.1. The number of amides is 1. The molecule has 0 atom stereocenters. The van der Waals surface area contributed by atoms with Crippen molar-refractivity contribution in [3.63, 3.8) is 0 Å². The molecule has 0 aliphatic heterocycles. The van der Waals surface area contributed by atoms with Crippen molar-refractivity contribution in [1.29, 1.82) is 0 Å². The highest BCUT2D eigenvalue weighted by Crippen LogP contribution is 2.27. The number of para-hydroxylation sites is 1. The van der Waals surface area contributed by atoms with E-state index < -0.39 is 0 Å². The number of hydrogen-bond donors (Lipinski definition) is 1. The zero-order valence-corrected chi connectivity index (χ0v) is 15.3. The Balaban J connectivity index is 1.58. The maximum absolute atomic E-state index is 12.5. The number of benzene rings is 2. The molecule has 0 saturated carbocycles. The van der Waals surface area contributed by atoms with Gasteiger partial charge in [-0.15, -0.1) is 11.3 Å². The third-order valence-corrected chi connectivity index (χ3v) is 5.52. The Morgan fingerprint density at radius 3 is 2.72 bits per heavy atom. The molecule has 4 aromatic rings. The summed E-state index contributed by atoms with van der Waals surface area (Å²) in [6.07, 6.45) is 0. The highest BCUT2D eigenvalue weighted by molar-refractivity contribution is 7.20. The molecule has 3 nitrogen and oxygen atoms in total. The second-order valence-electron chi connectivity index (χ2n) is 5.60. The predicted octanol–water partition coefficient (Wildman–Crippen LogP) is 5.69.